The van der Waals surface area contributed by atoms with Gasteiger partial charge < -0.3 is 20.6 Å². The van der Waals surface area contributed by atoms with Crippen molar-refractivity contribution >= 4 is 23.8 Å². The second-order valence-corrected chi connectivity index (χ2v) is 3.54. The topological polar surface area (TPSA) is 64.6 Å². The largest absolute Gasteiger partial charge is 0.619 e. The van der Waals surface area contributed by atoms with Crippen LogP contribution < -0.4 is 10.6 Å². The predicted molar refractivity (Wildman–Crippen MR) is 66.4 cm³/mol. The smallest absolute Gasteiger partial charge is 0.239 e. The van der Waals surface area contributed by atoms with Crippen molar-refractivity contribution in [1.29, 1.82) is 0 Å². The minimum atomic E-state index is 0.379. The molecule has 1 aromatic carbocycles. The van der Waals surface area contributed by atoms with E-state index in [2.05, 4.69) is 6.72 Å². The molecule has 0 radical (unpaired) electrons. The van der Waals surface area contributed by atoms with Crippen LogP contribution in [0.5, 0.6) is 0 Å². The lowest BCUT2D eigenvalue weighted by atomic mass is 10.2. The summed E-state index contributed by atoms with van der Waals surface area (Å²) in [5, 5.41) is 11.0. The molecule has 0 aliphatic carbocycles. The summed E-state index contributed by atoms with van der Waals surface area (Å²) < 4.78 is 5.49. The van der Waals surface area contributed by atoms with E-state index >= 15 is 0 Å². The second kappa shape index (κ2) is 5.37. The van der Waals surface area contributed by atoms with Crippen LogP contribution in [0.15, 0.2) is 18.2 Å². The molecule has 1 rings (SSSR count). The zero-order chi connectivity index (χ0) is 12.1. The van der Waals surface area contributed by atoms with Gasteiger partial charge in [0.05, 0.1) is 6.61 Å². The van der Waals surface area contributed by atoms with E-state index in [1.807, 2.05) is 18.0 Å². The van der Waals surface area contributed by atoms with E-state index in [9.17, 15) is 5.21 Å². The van der Waals surface area contributed by atoms with E-state index in [1.54, 1.807) is 19.2 Å². The molecule has 1 aromatic rings. The number of hydrogen-bond acceptors (Lipinski definition) is 4. The number of methoxy groups -OCH3 is 1. The SMILES string of the molecule is C=[N+]([O-])c1ccc(N(C)CCOC)cc1N. The van der Waals surface area contributed by atoms with Gasteiger partial charge in [0.25, 0.3) is 0 Å². The average Bonchev–Trinajstić information content (AvgIpc) is 2.25. The number of nitrogen functional groups attached to an aromatic ring is 1. The molecule has 0 saturated heterocycles. The van der Waals surface area contributed by atoms with Gasteiger partial charge in [-0.15, -0.1) is 0 Å². The van der Waals surface area contributed by atoms with Crippen LogP contribution in [-0.4, -0.2) is 38.8 Å². The summed E-state index contributed by atoms with van der Waals surface area (Å²) in [5.41, 5.74) is 7.50. The number of nitrogens with two attached hydrogens (primary N) is 1. The third-order valence-corrected chi connectivity index (χ3v) is 2.35. The van der Waals surface area contributed by atoms with Crippen molar-refractivity contribution in [3.63, 3.8) is 0 Å². The fourth-order valence-corrected chi connectivity index (χ4v) is 1.36. The Balaban J connectivity index is 2.84. The molecule has 88 valence electrons. The van der Waals surface area contributed by atoms with E-state index in [1.165, 1.54) is 0 Å². The molecule has 0 saturated carbocycles. The maximum absolute atomic E-state index is 11.0. The minimum Gasteiger partial charge on any atom is -0.619 e. The van der Waals surface area contributed by atoms with E-state index < -0.39 is 0 Å². The number of anilines is 2. The van der Waals surface area contributed by atoms with Gasteiger partial charge in [0.1, 0.15) is 12.4 Å². The first-order chi connectivity index (χ1) is 7.56. The molecule has 0 amide bonds. The molecule has 0 atom stereocenters. The number of nitrogens with zero attached hydrogens (tertiary/aromatic N) is 2. The van der Waals surface area contributed by atoms with Gasteiger partial charge in [-0.05, 0) is 12.1 Å². The van der Waals surface area contributed by atoms with Gasteiger partial charge in [-0.1, -0.05) is 0 Å². The van der Waals surface area contributed by atoms with Crippen molar-refractivity contribution in [2.75, 3.05) is 37.9 Å². The zero-order valence-electron chi connectivity index (χ0n) is 9.64. The Morgan fingerprint density at radius 1 is 1.56 bits per heavy atom. The average molecular weight is 223 g/mol. The van der Waals surface area contributed by atoms with Crippen molar-refractivity contribution in [3.05, 3.63) is 23.4 Å². The molecule has 0 aliphatic rings. The van der Waals surface area contributed by atoms with E-state index in [0.29, 0.717) is 22.7 Å². The van der Waals surface area contributed by atoms with Crippen LogP contribution in [0, 0.1) is 5.21 Å². The van der Waals surface area contributed by atoms with Crippen LogP contribution in [0.2, 0.25) is 0 Å². The normalized spacial score (nSPS) is 10.1. The highest BCUT2D eigenvalue weighted by Crippen LogP contribution is 2.25. The summed E-state index contributed by atoms with van der Waals surface area (Å²) in [7, 11) is 3.59. The Bertz CT molecular complexity index is 379. The summed E-state index contributed by atoms with van der Waals surface area (Å²) in [4.78, 5) is 2.00. The lowest BCUT2D eigenvalue weighted by Crippen LogP contribution is -2.22. The van der Waals surface area contributed by atoms with Crippen LogP contribution in [-0.2, 0) is 4.74 Å². The maximum atomic E-state index is 11.0. The standard InChI is InChI=1S/C11H17N3O2/c1-13(6-7-16-3)9-4-5-11(14(2)15)10(12)8-9/h4-5,8H,2,6-7,12H2,1,3H3. The van der Waals surface area contributed by atoms with E-state index in [0.717, 1.165) is 12.2 Å². The fourth-order valence-electron chi connectivity index (χ4n) is 1.36. The molecular formula is C11H17N3O2. The first-order valence-corrected chi connectivity index (χ1v) is 4.93. The minimum absolute atomic E-state index is 0.379. The molecule has 5 nitrogen and oxygen atoms in total. The first kappa shape index (κ1) is 12.3. The van der Waals surface area contributed by atoms with Gasteiger partial charge in [-0.3, -0.25) is 0 Å². The van der Waals surface area contributed by atoms with Crippen LogP contribution in [0.25, 0.3) is 0 Å². The van der Waals surface area contributed by atoms with Crippen LogP contribution in [0.3, 0.4) is 0 Å². The van der Waals surface area contributed by atoms with Crippen LogP contribution in [0.1, 0.15) is 0 Å². The molecule has 0 heterocycles. The molecule has 2 N–H and O–H groups in total. The lowest BCUT2D eigenvalue weighted by Gasteiger charge is -2.19. The third-order valence-electron chi connectivity index (χ3n) is 2.35. The number of hydrogen-bond donors (Lipinski definition) is 1. The molecule has 0 unspecified atom stereocenters. The molecule has 16 heavy (non-hydrogen) atoms. The van der Waals surface area contributed by atoms with E-state index in [4.69, 9.17) is 10.5 Å². The summed E-state index contributed by atoms with van der Waals surface area (Å²) in [6.07, 6.45) is 0. The zero-order valence-corrected chi connectivity index (χ0v) is 9.64. The fraction of sp³-hybridized carbons (Fsp3) is 0.364. The Kier molecular flexibility index (Phi) is 4.13. The molecule has 0 aromatic heterocycles. The van der Waals surface area contributed by atoms with Crippen molar-refractivity contribution in [2.24, 2.45) is 0 Å². The van der Waals surface area contributed by atoms with Crippen molar-refractivity contribution < 1.29 is 9.48 Å². The number of benzene rings is 1. The first-order valence-electron chi connectivity index (χ1n) is 4.93. The summed E-state index contributed by atoms with van der Waals surface area (Å²) in [6.45, 7) is 4.66. The summed E-state index contributed by atoms with van der Waals surface area (Å²) in [5.74, 6) is 0. The maximum Gasteiger partial charge on any atom is 0.239 e. The number of rotatable bonds is 5. The highest BCUT2D eigenvalue weighted by molar-refractivity contribution is 5.67. The highest BCUT2D eigenvalue weighted by Gasteiger charge is 2.08. The Morgan fingerprint density at radius 3 is 2.75 bits per heavy atom. The monoisotopic (exact) mass is 223 g/mol. The number of ether oxygens (including phenoxy) is 1. The lowest BCUT2D eigenvalue weighted by molar-refractivity contribution is -0.348. The molecule has 0 spiro atoms. The van der Waals surface area contributed by atoms with E-state index in [-0.39, 0.29) is 0 Å². The van der Waals surface area contributed by atoms with Gasteiger partial charge >= 0.3 is 0 Å². The van der Waals surface area contributed by atoms with Crippen molar-refractivity contribution in [2.45, 2.75) is 0 Å². The van der Waals surface area contributed by atoms with Crippen LogP contribution >= 0.6 is 0 Å². The van der Waals surface area contributed by atoms with Crippen molar-refractivity contribution in [1.82, 2.24) is 0 Å². The summed E-state index contributed by atoms with van der Waals surface area (Å²) >= 11 is 0. The molecule has 0 fully saturated rings. The molecule has 0 bridgehead atoms. The Labute approximate surface area is 95.3 Å². The molecule has 0 aliphatic heterocycles. The Hall–Kier alpha value is -1.75. The van der Waals surface area contributed by atoms with Gasteiger partial charge in [0.2, 0.25) is 5.69 Å². The van der Waals surface area contributed by atoms with Crippen LogP contribution in [0.4, 0.5) is 17.1 Å². The van der Waals surface area contributed by atoms with Gasteiger partial charge in [0, 0.05) is 32.5 Å². The van der Waals surface area contributed by atoms with Gasteiger partial charge in [0.15, 0.2) is 0 Å². The van der Waals surface area contributed by atoms with Crippen molar-refractivity contribution in [3.8, 4) is 0 Å². The second-order valence-electron chi connectivity index (χ2n) is 3.54. The van der Waals surface area contributed by atoms with Gasteiger partial charge in [-0.25, -0.2) is 0 Å². The summed E-state index contributed by atoms with van der Waals surface area (Å²) in [6, 6.07) is 5.24. The molecule has 5 heteroatoms. The van der Waals surface area contributed by atoms with Gasteiger partial charge in [-0.2, -0.15) is 4.74 Å². The number of likely N-dealkylation sites (N-methyl/N-ethyl adjacent to an activating group) is 1. The predicted octanol–water partition coefficient (Wildman–Crippen LogP) is 1.19. The third kappa shape index (κ3) is 2.87. The highest BCUT2D eigenvalue weighted by atomic mass is 16.5. The Morgan fingerprint density at radius 2 is 2.25 bits per heavy atom. The molecular weight excluding hydrogens is 206 g/mol. The quantitative estimate of drug-likeness (QED) is 0.268.